The summed E-state index contributed by atoms with van der Waals surface area (Å²) in [4.78, 5) is 4.57. The minimum Gasteiger partial charge on any atom is -0.383 e. The van der Waals surface area contributed by atoms with Crippen LogP contribution < -0.4 is 10.6 Å². The van der Waals surface area contributed by atoms with Gasteiger partial charge in [0.1, 0.15) is 0 Å². The molecule has 4 heteroatoms. The molecule has 0 heterocycles. The summed E-state index contributed by atoms with van der Waals surface area (Å²) in [7, 11) is 1.72. The Morgan fingerprint density at radius 3 is 2.82 bits per heavy atom. The third kappa shape index (κ3) is 7.21. The highest BCUT2D eigenvalue weighted by atomic mass is 16.5. The second kappa shape index (κ2) is 8.34. The van der Waals surface area contributed by atoms with Gasteiger partial charge in [-0.1, -0.05) is 12.8 Å². The summed E-state index contributed by atoms with van der Waals surface area (Å²) in [5, 5.41) is 6.60. The SMILES string of the molecule is CCNC(=NCCCC1CC1)NC(C)COC. The van der Waals surface area contributed by atoms with Crippen LogP contribution in [-0.2, 0) is 4.74 Å². The van der Waals surface area contributed by atoms with E-state index in [2.05, 4.69) is 29.5 Å². The average Bonchev–Trinajstić information content (AvgIpc) is 3.08. The number of ether oxygens (including phenoxy) is 1. The van der Waals surface area contributed by atoms with Crippen molar-refractivity contribution in [1.82, 2.24) is 10.6 Å². The van der Waals surface area contributed by atoms with E-state index in [1.54, 1.807) is 7.11 Å². The maximum Gasteiger partial charge on any atom is 0.191 e. The molecule has 1 saturated carbocycles. The Morgan fingerprint density at radius 2 is 2.24 bits per heavy atom. The lowest BCUT2D eigenvalue weighted by Gasteiger charge is -2.16. The smallest absolute Gasteiger partial charge is 0.191 e. The van der Waals surface area contributed by atoms with Gasteiger partial charge in [0.15, 0.2) is 5.96 Å². The van der Waals surface area contributed by atoms with Gasteiger partial charge in [-0.05, 0) is 32.6 Å². The molecule has 0 bridgehead atoms. The van der Waals surface area contributed by atoms with Gasteiger partial charge in [0.2, 0.25) is 0 Å². The molecule has 0 spiro atoms. The lowest BCUT2D eigenvalue weighted by atomic mass is 10.2. The number of hydrogen-bond donors (Lipinski definition) is 2. The van der Waals surface area contributed by atoms with Crippen molar-refractivity contribution in [1.29, 1.82) is 0 Å². The topological polar surface area (TPSA) is 45.7 Å². The maximum absolute atomic E-state index is 5.10. The van der Waals surface area contributed by atoms with E-state index < -0.39 is 0 Å². The third-order valence-electron chi connectivity index (χ3n) is 2.88. The fourth-order valence-electron chi connectivity index (χ4n) is 1.82. The van der Waals surface area contributed by atoms with Crippen LogP contribution in [0.2, 0.25) is 0 Å². The standard InChI is InChI=1S/C13H27N3O/c1-4-14-13(16-11(2)10-17-3)15-9-5-6-12-7-8-12/h11-12H,4-10H2,1-3H3,(H2,14,15,16). The molecule has 0 aromatic rings. The van der Waals surface area contributed by atoms with E-state index in [0.717, 1.165) is 25.0 Å². The van der Waals surface area contributed by atoms with Gasteiger partial charge in [0.05, 0.1) is 6.61 Å². The van der Waals surface area contributed by atoms with Crippen molar-refractivity contribution in [3.63, 3.8) is 0 Å². The molecule has 0 aliphatic heterocycles. The van der Waals surface area contributed by atoms with Crippen LogP contribution in [0, 0.1) is 5.92 Å². The summed E-state index contributed by atoms with van der Waals surface area (Å²) in [6.45, 7) is 6.70. The molecule has 1 atom stereocenters. The molecular weight excluding hydrogens is 214 g/mol. The predicted octanol–water partition coefficient (Wildman–Crippen LogP) is 1.77. The van der Waals surface area contributed by atoms with Gasteiger partial charge in [0, 0.05) is 26.2 Å². The van der Waals surface area contributed by atoms with Crippen molar-refractivity contribution in [2.24, 2.45) is 10.9 Å². The Bertz CT molecular complexity index is 227. The molecule has 0 radical (unpaired) electrons. The summed E-state index contributed by atoms with van der Waals surface area (Å²) >= 11 is 0. The van der Waals surface area contributed by atoms with E-state index in [-0.39, 0.29) is 0 Å². The monoisotopic (exact) mass is 241 g/mol. The molecule has 0 aromatic heterocycles. The number of hydrogen-bond acceptors (Lipinski definition) is 2. The van der Waals surface area contributed by atoms with Crippen LogP contribution in [0.15, 0.2) is 4.99 Å². The Balaban J connectivity index is 2.20. The van der Waals surface area contributed by atoms with E-state index >= 15 is 0 Å². The molecule has 100 valence electrons. The average molecular weight is 241 g/mol. The summed E-state index contributed by atoms with van der Waals surface area (Å²) < 4.78 is 5.10. The summed E-state index contributed by atoms with van der Waals surface area (Å²) in [6.07, 6.45) is 5.43. The van der Waals surface area contributed by atoms with E-state index in [4.69, 9.17) is 4.74 Å². The fraction of sp³-hybridized carbons (Fsp3) is 0.923. The normalized spacial score (nSPS) is 17.9. The molecule has 4 nitrogen and oxygen atoms in total. The molecule has 0 saturated heterocycles. The van der Waals surface area contributed by atoms with Crippen LogP contribution in [0.3, 0.4) is 0 Å². The zero-order chi connectivity index (χ0) is 12.5. The predicted molar refractivity (Wildman–Crippen MR) is 72.4 cm³/mol. The largest absolute Gasteiger partial charge is 0.383 e. The van der Waals surface area contributed by atoms with Crippen LogP contribution in [-0.4, -0.2) is 38.8 Å². The van der Waals surface area contributed by atoms with Crippen LogP contribution in [0.25, 0.3) is 0 Å². The number of aliphatic imine (C=N–C) groups is 1. The Kier molecular flexibility index (Phi) is 7.01. The molecule has 1 fully saturated rings. The molecule has 1 rings (SSSR count). The van der Waals surface area contributed by atoms with Crippen molar-refractivity contribution in [2.45, 2.75) is 45.6 Å². The van der Waals surface area contributed by atoms with Gasteiger partial charge in [0.25, 0.3) is 0 Å². The number of nitrogens with zero attached hydrogens (tertiary/aromatic N) is 1. The van der Waals surface area contributed by atoms with Crippen molar-refractivity contribution in [3.8, 4) is 0 Å². The van der Waals surface area contributed by atoms with E-state index in [9.17, 15) is 0 Å². The molecule has 17 heavy (non-hydrogen) atoms. The minimum atomic E-state index is 0.293. The van der Waals surface area contributed by atoms with Gasteiger partial charge in [-0.3, -0.25) is 4.99 Å². The highest BCUT2D eigenvalue weighted by molar-refractivity contribution is 5.80. The molecule has 0 amide bonds. The Labute approximate surface area is 105 Å². The van der Waals surface area contributed by atoms with Gasteiger partial charge in [-0.25, -0.2) is 0 Å². The van der Waals surface area contributed by atoms with Crippen molar-refractivity contribution in [3.05, 3.63) is 0 Å². The quantitative estimate of drug-likeness (QED) is 0.387. The van der Waals surface area contributed by atoms with E-state index in [0.29, 0.717) is 12.6 Å². The molecule has 2 N–H and O–H groups in total. The first-order valence-corrected chi connectivity index (χ1v) is 6.80. The summed E-state index contributed by atoms with van der Waals surface area (Å²) in [6, 6.07) is 0.293. The molecule has 0 aromatic carbocycles. The summed E-state index contributed by atoms with van der Waals surface area (Å²) in [5.74, 6) is 1.92. The Morgan fingerprint density at radius 1 is 1.47 bits per heavy atom. The van der Waals surface area contributed by atoms with Gasteiger partial charge in [-0.15, -0.1) is 0 Å². The van der Waals surface area contributed by atoms with E-state index in [1.165, 1.54) is 25.7 Å². The van der Waals surface area contributed by atoms with Crippen LogP contribution >= 0.6 is 0 Å². The highest BCUT2D eigenvalue weighted by Gasteiger charge is 2.19. The first-order valence-electron chi connectivity index (χ1n) is 6.80. The maximum atomic E-state index is 5.10. The van der Waals surface area contributed by atoms with Crippen LogP contribution in [0.1, 0.15) is 39.5 Å². The lowest BCUT2D eigenvalue weighted by molar-refractivity contribution is 0.179. The lowest BCUT2D eigenvalue weighted by Crippen LogP contribution is -2.44. The van der Waals surface area contributed by atoms with Crippen LogP contribution in [0.5, 0.6) is 0 Å². The molecule has 1 unspecified atom stereocenters. The van der Waals surface area contributed by atoms with Crippen molar-refractivity contribution < 1.29 is 4.74 Å². The van der Waals surface area contributed by atoms with Gasteiger partial charge < -0.3 is 15.4 Å². The first-order chi connectivity index (χ1) is 8.26. The number of methoxy groups -OCH3 is 1. The van der Waals surface area contributed by atoms with E-state index in [1.807, 2.05) is 0 Å². The third-order valence-corrected chi connectivity index (χ3v) is 2.88. The highest BCUT2D eigenvalue weighted by Crippen LogP contribution is 2.33. The molecule has 1 aliphatic carbocycles. The molecule has 1 aliphatic rings. The van der Waals surface area contributed by atoms with Crippen LogP contribution in [0.4, 0.5) is 0 Å². The van der Waals surface area contributed by atoms with Gasteiger partial charge >= 0.3 is 0 Å². The fourth-order valence-corrected chi connectivity index (χ4v) is 1.82. The second-order valence-electron chi connectivity index (χ2n) is 4.85. The number of nitrogens with one attached hydrogen (secondary N) is 2. The minimum absolute atomic E-state index is 0.293. The zero-order valence-electron chi connectivity index (χ0n) is 11.5. The van der Waals surface area contributed by atoms with Crippen molar-refractivity contribution in [2.75, 3.05) is 26.8 Å². The molecular formula is C13H27N3O. The zero-order valence-corrected chi connectivity index (χ0v) is 11.5. The first kappa shape index (κ1) is 14.3. The van der Waals surface area contributed by atoms with Crippen molar-refractivity contribution >= 4 is 5.96 Å². The Hall–Kier alpha value is -0.770. The second-order valence-corrected chi connectivity index (χ2v) is 4.85. The summed E-state index contributed by atoms with van der Waals surface area (Å²) in [5.41, 5.74) is 0. The number of guanidine groups is 1. The van der Waals surface area contributed by atoms with Gasteiger partial charge in [-0.2, -0.15) is 0 Å². The number of rotatable bonds is 8.